The molecule has 4 N–H and O–H groups in total. The molecule has 0 bridgehead atoms. The zero-order valence-corrected chi connectivity index (χ0v) is 21.0. The number of ether oxygens (including phenoxy) is 2. The number of anilines is 1. The van der Waals surface area contributed by atoms with Gasteiger partial charge in [0.15, 0.2) is 6.29 Å². The summed E-state index contributed by atoms with van der Waals surface area (Å²) in [7, 11) is 0. The number of hydrogen-bond acceptors (Lipinski definition) is 6. The van der Waals surface area contributed by atoms with Gasteiger partial charge in [-0.15, -0.1) is 0 Å². The van der Waals surface area contributed by atoms with E-state index in [0.717, 1.165) is 24.8 Å². The maximum Gasteiger partial charge on any atom is 0.221 e. The second-order valence-electron chi connectivity index (χ2n) is 11.0. The summed E-state index contributed by atoms with van der Waals surface area (Å²) in [6.45, 7) is 10.5. The number of allylic oxidation sites excluding steroid dienone is 1. The van der Waals surface area contributed by atoms with E-state index in [1.807, 2.05) is 13.0 Å². The number of amides is 1. The topological polar surface area (TPSA) is 108 Å². The SMILES string of the molecule is C=C1CC[C@@H]2[C@](C)(CO)[C@H](O)CC[C@@]2(C)[C@@H]1CC(Oc1ccc(NC(C)=O)cc1)C1=CCOC1O. The van der Waals surface area contributed by atoms with Gasteiger partial charge in [-0.1, -0.05) is 32.1 Å². The van der Waals surface area contributed by atoms with Crippen LogP contribution in [0.3, 0.4) is 0 Å². The lowest BCUT2D eigenvalue weighted by molar-refractivity contribution is -0.154. The Kier molecular flexibility index (Phi) is 7.44. The van der Waals surface area contributed by atoms with Crippen LogP contribution in [0.5, 0.6) is 5.75 Å². The molecular weight excluding hydrogens is 446 g/mol. The Labute approximate surface area is 207 Å². The molecule has 1 aromatic carbocycles. The lowest BCUT2D eigenvalue weighted by Gasteiger charge is -2.60. The Hall–Kier alpha value is -2.19. The van der Waals surface area contributed by atoms with Crippen molar-refractivity contribution >= 4 is 11.6 Å². The van der Waals surface area contributed by atoms with Gasteiger partial charge in [0.25, 0.3) is 0 Å². The molecule has 2 unspecified atom stereocenters. The molecular formula is C28H39NO6. The molecule has 2 saturated carbocycles. The molecule has 4 rings (SSSR count). The van der Waals surface area contributed by atoms with E-state index in [1.165, 1.54) is 6.92 Å². The first-order chi connectivity index (χ1) is 16.6. The monoisotopic (exact) mass is 485 g/mol. The van der Waals surface area contributed by atoms with Gasteiger partial charge in [0.05, 0.1) is 19.3 Å². The fourth-order valence-electron chi connectivity index (χ4n) is 6.81. The third-order valence-electron chi connectivity index (χ3n) is 8.83. The largest absolute Gasteiger partial charge is 0.486 e. The number of aliphatic hydroxyl groups is 3. The molecule has 0 radical (unpaired) electrons. The Bertz CT molecular complexity index is 974. The van der Waals surface area contributed by atoms with Gasteiger partial charge in [0, 0.05) is 23.6 Å². The van der Waals surface area contributed by atoms with Crippen molar-refractivity contribution in [3.63, 3.8) is 0 Å². The van der Waals surface area contributed by atoms with Crippen LogP contribution < -0.4 is 10.1 Å². The number of aliphatic hydroxyl groups excluding tert-OH is 3. The predicted molar refractivity (Wildman–Crippen MR) is 134 cm³/mol. The van der Waals surface area contributed by atoms with Crippen molar-refractivity contribution in [1.82, 2.24) is 0 Å². The summed E-state index contributed by atoms with van der Waals surface area (Å²) in [5.41, 5.74) is 1.83. The standard InChI is InChI=1S/C28H39NO6/c1-17-5-10-24-27(3,13-11-25(32)28(24,4)16-30)22(17)15-23(21-12-14-34-26(21)33)35-20-8-6-19(7-9-20)29-18(2)31/h6-9,12,22-26,30,32-33H,1,5,10-11,13-16H2,2-4H3,(H,29,31)/t22-,23?,24+,25-,26?,27+,28+/m1/s1. The zero-order chi connectivity index (χ0) is 25.4. The van der Waals surface area contributed by atoms with Crippen LogP contribution in [0.15, 0.2) is 48.1 Å². The van der Waals surface area contributed by atoms with Gasteiger partial charge in [-0.3, -0.25) is 4.79 Å². The molecule has 7 atom stereocenters. The Morgan fingerprint density at radius 3 is 2.57 bits per heavy atom. The predicted octanol–water partition coefficient (Wildman–Crippen LogP) is 3.80. The van der Waals surface area contributed by atoms with Gasteiger partial charge < -0.3 is 30.1 Å². The first-order valence-corrected chi connectivity index (χ1v) is 12.6. The fraction of sp³-hybridized carbons (Fsp3) is 0.607. The average molecular weight is 486 g/mol. The lowest BCUT2D eigenvalue weighted by Crippen LogP contribution is -2.57. The maximum atomic E-state index is 11.3. The van der Waals surface area contributed by atoms with Crippen LogP contribution in [0.4, 0.5) is 5.69 Å². The molecule has 2 fully saturated rings. The van der Waals surface area contributed by atoms with Crippen LogP contribution in [0.2, 0.25) is 0 Å². The van der Waals surface area contributed by atoms with Crippen molar-refractivity contribution in [2.75, 3.05) is 18.5 Å². The Morgan fingerprint density at radius 2 is 1.97 bits per heavy atom. The van der Waals surface area contributed by atoms with Gasteiger partial charge in [-0.2, -0.15) is 0 Å². The van der Waals surface area contributed by atoms with Crippen molar-refractivity contribution in [3.8, 4) is 5.75 Å². The summed E-state index contributed by atoms with van der Waals surface area (Å²) in [5, 5.41) is 34.4. The van der Waals surface area contributed by atoms with Crippen LogP contribution in [-0.2, 0) is 9.53 Å². The van der Waals surface area contributed by atoms with Crippen molar-refractivity contribution in [2.45, 2.75) is 71.4 Å². The Balaban J connectivity index is 1.62. The third kappa shape index (κ3) is 4.92. The minimum atomic E-state index is -1.02. The molecule has 1 aromatic rings. The van der Waals surface area contributed by atoms with E-state index in [-0.39, 0.29) is 29.8 Å². The second kappa shape index (κ2) is 10.1. The number of benzene rings is 1. The molecule has 7 heteroatoms. The fourth-order valence-corrected chi connectivity index (χ4v) is 6.81. The normalized spacial score (nSPS) is 35.7. The summed E-state index contributed by atoms with van der Waals surface area (Å²) >= 11 is 0. The molecule has 7 nitrogen and oxygen atoms in total. The number of nitrogens with one attached hydrogen (secondary N) is 1. The lowest BCUT2D eigenvalue weighted by atomic mass is 9.46. The minimum Gasteiger partial charge on any atom is -0.486 e. The van der Waals surface area contributed by atoms with Crippen LogP contribution in [0, 0.1) is 22.7 Å². The molecule has 3 aliphatic rings. The van der Waals surface area contributed by atoms with E-state index in [4.69, 9.17) is 9.47 Å². The summed E-state index contributed by atoms with van der Waals surface area (Å²) < 4.78 is 11.8. The number of rotatable bonds is 7. The van der Waals surface area contributed by atoms with Gasteiger partial charge >= 0.3 is 0 Å². The molecule has 192 valence electrons. The average Bonchev–Trinajstić information content (AvgIpc) is 3.25. The van der Waals surface area contributed by atoms with Crippen molar-refractivity contribution in [1.29, 1.82) is 0 Å². The van der Waals surface area contributed by atoms with Gasteiger partial charge in [0.2, 0.25) is 5.91 Å². The van der Waals surface area contributed by atoms with Crippen LogP contribution >= 0.6 is 0 Å². The van der Waals surface area contributed by atoms with E-state index in [0.29, 0.717) is 36.5 Å². The first-order valence-electron chi connectivity index (χ1n) is 12.6. The Morgan fingerprint density at radius 1 is 1.26 bits per heavy atom. The summed E-state index contributed by atoms with van der Waals surface area (Å²) in [5.74, 6) is 0.734. The molecule has 2 aliphatic carbocycles. The smallest absolute Gasteiger partial charge is 0.221 e. The maximum absolute atomic E-state index is 11.3. The van der Waals surface area contributed by atoms with Crippen LogP contribution in [0.25, 0.3) is 0 Å². The van der Waals surface area contributed by atoms with Crippen molar-refractivity contribution < 1.29 is 29.6 Å². The van der Waals surface area contributed by atoms with E-state index in [9.17, 15) is 20.1 Å². The summed E-state index contributed by atoms with van der Waals surface area (Å²) in [6.07, 6.45) is 3.73. The minimum absolute atomic E-state index is 0.0497. The van der Waals surface area contributed by atoms with E-state index < -0.39 is 23.9 Å². The van der Waals surface area contributed by atoms with Crippen LogP contribution in [-0.4, -0.2) is 52.9 Å². The number of carbonyl (C=O) groups excluding carboxylic acids is 1. The number of hydrogen-bond donors (Lipinski definition) is 4. The number of fused-ring (bicyclic) bond motifs is 1. The summed E-state index contributed by atoms with van der Waals surface area (Å²) in [6, 6.07) is 7.19. The molecule has 35 heavy (non-hydrogen) atoms. The zero-order valence-electron chi connectivity index (χ0n) is 21.0. The quantitative estimate of drug-likeness (QED) is 0.438. The highest BCUT2D eigenvalue weighted by Gasteiger charge is 2.58. The number of carbonyl (C=O) groups is 1. The first kappa shape index (κ1) is 25.9. The summed E-state index contributed by atoms with van der Waals surface area (Å²) in [4.78, 5) is 11.3. The highest BCUT2D eigenvalue weighted by Crippen LogP contribution is 2.62. The third-order valence-corrected chi connectivity index (χ3v) is 8.83. The molecule has 0 saturated heterocycles. The molecule has 1 aliphatic heterocycles. The van der Waals surface area contributed by atoms with Gasteiger partial charge in [-0.25, -0.2) is 0 Å². The second-order valence-corrected chi connectivity index (χ2v) is 11.0. The van der Waals surface area contributed by atoms with Crippen molar-refractivity contribution in [3.05, 3.63) is 48.1 Å². The molecule has 0 spiro atoms. The van der Waals surface area contributed by atoms with E-state index in [2.05, 4.69) is 18.8 Å². The van der Waals surface area contributed by atoms with Crippen LogP contribution in [0.1, 0.15) is 52.9 Å². The van der Waals surface area contributed by atoms with Crippen molar-refractivity contribution in [2.24, 2.45) is 22.7 Å². The van der Waals surface area contributed by atoms with E-state index in [1.54, 1.807) is 24.3 Å². The van der Waals surface area contributed by atoms with Gasteiger partial charge in [0.1, 0.15) is 11.9 Å². The molecule has 1 heterocycles. The van der Waals surface area contributed by atoms with Gasteiger partial charge in [-0.05, 0) is 73.6 Å². The van der Waals surface area contributed by atoms with E-state index >= 15 is 0 Å². The highest BCUT2D eigenvalue weighted by atomic mass is 16.6. The highest BCUT2D eigenvalue weighted by molar-refractivity contribution is 5.88. The molecule has 0 aromatic heterocycles. The molecule has 1 amide bonds.